The SMILES string of the molecule is N#Cc1ccc(-c2cc(-c3ccc(-n4c5ccccc5c5c4ccc4c6ccccc6n(-c6ccccc6)c45)cc3-n3c4ccccc4c4cc5c(cc43)sc3ccccc35)ccc2C#N)cc1. The van der Waals surface area contributed by atoms with Gasteiger partial charge in [0.25, 0.3) is 0 Å². The second-order valence-electron chi connectivity index (χ2n) is 17.5. The molecular weight excluding hydrogens is 847 g/mol. The Kier molecular flexibility index (Phi) is 8.21. The molecule has 4 heterocycles. The topological polar surface area (TPSA) is 62.4 Å². The first-order valence-electron chi connectivity index (χ1n) is 22.7. The van der Waals surface area contributed by atoms with Crippen LogP contribution in [0, 0.1) is 22.7 Å². The molecule has 14 rings (SSSR count). The summed E-state index contributed by atoms with van der Waals surface area (Å²) in [4.78, 5) is 0. The minimum atomic E-state index is 0.574. The Labute approximate surface area is 394 Å². The van der Waals surface area contributed by atoms with Gasteiger partial charge in [0.15, 0.2) is 0 Å². The number of aromatic nitrogens is 3. The van der Waals surface area contributed by atoms with Crippen molar-refractivity contribution < 1.29 is 0 Å². The number of rotatable bonds is 5. The fraction of sp³-hybridized carbons (Fsp3) is 0. The predicted molar refractivity (Wildman–Crippen MR) is 283 cm³/mol. The Morgan fingerprint density at radius 1 is 0.353 bits per heavy atom. The van der Waals surface area contributed by atoms with Gasteiger partial charge in [-0.25, -0.2) is 0 Å². The molecule has 0 radical (unpaired) electrons. The molecule has 10 aromatic carbocycles. The lowest BCUT2D eigenvalue weighted by Crippen LogP contribution is -2.02. The van der Waals surface area contributed by atoms with E-state index in [2.05, 4.69) is 208 Å². The van der Waals surface area contributed by atoms with Crippen LogP contribution >= 0.6 is 11.3 Å². The van der Waals surface area contributed by atoms with Gasteiger partial charge in [0.2, 0.25) is 0 Å². The minimum absolute atomic E-state index is 0.574. The molecule has 0 saturated carbocycles. The van der Waals surface area contributed by atoms with E-state index >= 15 is 0 Å². The highest BCUT2D eigenvalue weighted by molar-refractivity contribution is 7.25. The number of para-hydroxylation sites is 4. The summed E-state index contributed by atoms with van der Waals surface area (Å²) in [5, 5.41) is 29.7. The van der Waals surface area contributed by atoms with E-state index in [1.807, 2.05) is 41.7 Å². The summed E-state index contributed by atoms with van der Waals surface area (Å²) in [7, 11) is 0. The van der Waals surface area contributed by atoms with Crippen LogP contribution in [0.15, 0.2) is 212 Å². The van der Waals surface area contributed by atoms with E-state index in [4.69, 9.17) is 0 Å². The van der Waals surface area contributed by atoms with Gasteiger partial charge < -0.3 is 13.7 Å². The van der Waals surface area contributed by atoms with Gasteiger partial charge in [0, 0.05) is 75.0 Å². The van der Waals surface area contributed by atoms with Crippen molar-refractivity contribution in [2.75, 3.05) is 0 Å². The summed E-state index contributed by atoms with van der Waals surface area (Å²) < 4.78 is 9.83. The normalized spacial score (nSPS) is 11.8. The largest absolute Gasteiger partial charge is 0.309 e. The molecule has 0 spiro atoms. The molecule has 68 heavy (non-hydrogen) atoms. The van der Waals surface area contributed by atoms with E-state index in [1.165, 1.54) is 63.5 Å². The third-order valence-electron chi connectivity index (χ3n) is 13.9. The van der Waals surface area contributed by atoms with Crippen LogP contribution in [0.4, 0.5) is 0 Å². The molecule has 0 saturated heterocycles. The number of nitrogens with zero attached hydrogens (tertiary/aromatic N) is 5. The van der Waals surface area contributed by atoms with Gasteiger partial charge in [-0.05, 0) is 102 Å². The van der Waals surface area contributed by atoms with Crippen molar-refractivity contribution in [2.45, 2.75) is 0 Å². The lowest BCUT2D eigenvalue weighted by molar-refractivity contribution is 1.14. The molecule has 0 aliphatic heterocycles. The molecule has 0 fully saturated rings. The lowest BCUT2D eigenvalue weighted by Gasteiger charge is -2.18. The Balaban J connectivity index is 1.09. The second kappa shape index (κ2) is 14.7. The summed E-state index contributed by atoms with van der Waals surface area (Å²) in [6, 6.07) is 80.2. The predicted octanol–water partition coefficient (Wildman–Crippen LogP) is 16.4. The summed E-state index contributed by atoms with van der Waals surface area (Å²) in [5.74, 6) is 0. The van der Waals surface area contributed by atoms with Crippen molar-refractivity contribution >= 4 is 96.9 Å². The van der Waals surface area contributed by atoms with E-state index in [-0.39, 0.29) is 0 Å². The molecule has 0 aliphatic carbocycles. The van der Waals surface area contributed by atoms with E-state index in [1.54, 1.807) is 0 Å². The van der Waals surface area contributed by atoms with Crippen LogP contribution in [0.5, 0.6) is 0 Å². The highest BCUT2D eigenvalue weighted by Gasteiger charge is 2.24. The van der Waals surface area contributed by atoms with E-state index in [0.717, 1.165) is 61.4 Å². The Bertz CT molecular complexity index is 4510. The number of fused-ring (bicyclic) bond motifs is 13. The fourth-order valence-electron chi connectivity index (χ4n) is 10.9. The van der Waals surface area contributed by atoms with E-state index in [9.17, 15) is 10.5 Å². The third-order valence-corrected chi connectivity index (χ3v) is 15.0. The van der Waals surface area contributed by atoms with Gasteiger partial charge in [0.05, 0.1) is 62.1 Å². The zero-order chi connectivity index (χ0) is 45.0. The van der Waals surface area contributed by atoms with Gasteiger partial charge in [-0.1, -0.05) is 121 Å². The maximum atomic E-state index is 10.4. The average Bonchev–Trinajstić information content (AvgIpc) is 4.14. The first-order chi connectivity index (χ1) is 33.6. The van der Waals surface area contributed by atoms with Gasteiger partial charge in [0.1, 0.15) is 0 Å². The number of hydrogen-bond donors (Lipinski definition) is 0. The van der Waals surface area contributed by atoms with Crippen LogP contribution < -0.4 is 0 Å². The summed E-state index contributed by atoms with van der Waals surface area (Å²) in [5.41, 5.74) is 14.9. The van der Waals surface area contributed by atoms with Crippen LogP contribution in [0.2, 0.25) is 0 Å². The molecule has 0 amide bonds. The maximum absolute atomic E-state index is 10.4. The number of nitriles is 2. The number of benzene rings is 10. The molecule has 0 unspecified atom stereocenters. The van der Waals surface area contributed by atoms with E-state index < -0.39 is 0 Å². The smallest absolute Gasteiger partial charge is 0.0998 e. The highest BCUT2D eigenvalue weighted by atomic mass is 32.1. The Morgan fingerprint density at radius 3 is 1.78 bits per heavy atom. The van der Waals surface area contributed by atoms with Crippen molar-refractivity contribution in [3.63, 3.8) is 0 Å². The van der Waals surface area contributed by atoms with Crippen molar-refractivity contribution in [3.8, 4) is 51.5 Å². The summed E-state index contributed by atoms with van der Waals surface area (Å²) in [6.07, 6.45) is 0. The van der Waals surface area contributed by atoms with Gasteiger partial charge >= 0.3 is 0 Å². The second-order valence-corrected chi connectivity index (χ2v) is 18.6. The van der Waals surface area contributed by atoms with Crippen molar-refractivity contribution in [2.24, 2.45) is 0 Å². The highest BCUT2D eigenvalue weighted by Crippen LogP contribution is 2.46. The third kappa shape index (κ3) is 5.47. The zero-order valence-electron chi connectivity index (χ0n) is 36.4. The molecule has 0 atom stereocenters. The lowest BCUT2D eigenvalue weighted by atomic mass is 9.93. The molecule has 4 aromatic heterocycles. The molecule has 0 N–H and O–H groups in total. The zero-order valence-corrected chi connectivity index (χ0v) is 37.2. The standard InChI is InChI=1S/C62H35N5S/c63-36-38-22-24-39(25-23-38)50-32-40(26-27-41(50)37-64)44-29-28-43(33-57(44)67-54-19-9-5-15-46(54)51-34-52-47-16-7-11-21-59(47)68-60(52)35-58(51)67)65-55-20-10-6-17-49(55)61-56(65)31-30-48-45-14-4-8-18-53(45)66(62(48)61)42-12-2-1-3-13-42/h1-35H. The quantitative estimate of drug-likeness (QED) is 0.173. The van der Waals surface area contributed by atoms with Crippen molar-refractivity contribution in [3.05, 3.63) is 223 Å². The molecule has 14 aromatic rings. The minimum Gasteiger partial charge on any atom is -0.309 e. The van der Waals surface area contributed by atoms with Crippen molar-refractivity contribution in [1.29, 1.82) is 10.5 Å². The first-order valence-corrected chi connectivity index (χ1v) is 23.5. The van der Waals surface area contributed by atoms with Crippen LogP contribution in [0.1, 0.15) is 11.1 Å². The van der Waals surface area contributed by atoms with Crippen LogP contribution in [-0.2, 0) is 0 Å². The van der Waals surface area contributed by atoms with Gasteiger partial charge in [-0.15, -0.1) is 11.3 Å². The molecule has 0 aliphatic rings. The van der Waals surface area contributed by atoms with Crippen LogP contribution in [-0.4, -0.2) is 13.7 Å². The van der Waals surface area contributed by atoms with E-state index in [0.29, 0.717) is 11.1 Å². The molecular formula is C62H35N5S. The van der Waals surface area contributed by atoms with Gasteiger partial charge in [-0.2, -0.15) is 10.5 Å². The number of hydrogen-bond acceptors (Lipinski definition) is 3. The molecule has 314 valence electrons. The average molecular weight is 882 g/mol. The van der Waals surface area contributed by atoms with Gasteiger partial charge in [-0.3, -0.25) is 0 Å². The van der Waals surface area contributed by atoms with Crippen molar-refractivity contribution in [1.82, 2.24) is 13.7 Å². The maximum Gasteiger partial charge on any atom is 0.0998 e. The Hall–Kier alpha value is -9.20. The first kappa shape index (κ1) is 38.1. The molecule has 5 nitrogen and oxygen atoms in total. The van der Waals surface area contributed by atoms with Crippen LogP contribution in [0.3, 0.4) is 0 Å². The summed E-state index contributed by atoms with van der Waals surface area (Å²) >= 11 is 1.83. The fourth-order valence-corrected chi connectivity index (χ4v) is 12.1. The number of thiophene rings is 1. The van der Waals surface area contributed by atoms with Crippen LogP contribution in [0.25, 0.3) is 125 Å². The monoisotopic (exact) mass is 881 g/mol. The Morgan fingerprint density at radius 2 is 1.01 bits per heavy atom. The summed E-state index contributed by atoms with van der Waals surface area (Å²) in [6.45, 7) is 0. The molecule has 6 heteroatoms. The molecule has 0 bridgehead atoms.